The van der Waals surface area contributed by atoms with Crippen LogP contribution in [-0.2, 0) is 6.18 Å². The van der Waals surface area contributed by atoms with Gasteiger partial charge in [-0.3, -0.25) is 0 Å². The summed E-state index contributed by atoms with van der Waals surface area (Å²) in [6, 6.07) is 0.601. The molecule has 0 aliphatic heterocycles. The predicted molar refractivity (Wildman–Crippen MR) is 65.6 cm³/mol. The monoisotopic (exact) mass is 277 g/mol. The van der Waals surface area contributed by atoms with Crippen LogP contribution in [0.2, 0.25) is 0 Å². The lowest BCUT2D eigenvalue weighted by atomic mass is 9.85. The molecule has 108 valence electrons. The van der Waals surface area contributed by atoms with E-state index >= 15 is 0 Å². The number of aliphatic hydroxyl groups excluding tert-OH is 1. The highest BCUT2D eigenvalue weighted by Crippen LogP contribution is 2.29. The molecule has 0 saturated carbocycles. The van der Waals surface area contributed by atoms with Crippen LogP contribution >= 0.6 is 0 Å². The third kappa shape index (κ3) is 4.66. The minimum atomic E-state index is -4.49. The van der Waals surface area contributed by atoms with E-state index in [1.54, 1.807) is 0 Å². The standard InChI is InChI=1S/C12H18F3N3O/c1-11(2,3)8(5-7-19)17-10-16-6-4-9(18-10)12(13,14)15/h4,6,8,19H,5,7H2,1-3H3,(H,16,17,18). The highest BCUT2D eigenvalue weighted by atomic mass is 19.4. The highest BCUT2D eigenvalue weighted by molar-refractivity contribution is 5.28. The molecule has 1 aromatic rings. The van der Waals surface area contributed by atoms with E-state index in [1.807, 2.05) is 20.8 Å². The van der Waals surface area contributed by atoms with Crippen LogP contribution in [0.25, 0.3) is 0 Å². The Hall–Kier alpha value is -1.37. The Balaban J connectivity index is 2.91. The molecular weight excluding hydrogens is 259 g/mol. The molecule has 0 aromatic carbocycles. The number of alkyl halides is 3. The fourth-order valence-electron chi connectivity index (χ4n) is 1.59. The van der Waals surface area contributed by atoms with Crippen LogP contribution in [0.3, 0.4) is 0 Å². The second-order valence-electron chi connectivity index (χ2n) is 5.34. The Morgan fingerprint density at radius 1 is 1.32 bits per heavy atom. The van der Waals surface area contributed by atoms with Gasteiger partial charge in [-0.1, -0.05) is 20.8 Å². The van der Waals surface area contributed by atoms with Crippen molar-refractivity contribution < 1.29 is 18.3 Å². The Labute approximate surface area is 110 Å². The van der Waals surface area contributed by atoms with E-state index in [2.05, 4.69) is 15.3 Å². The highest BCUT2D eigenvalue weighted by Gasteiger charge is 2.33. The van der Waals surface area contributed by atoms with Gasteiger partial charge in [0.15, 0.2) is 0 Å². The lowest BCUT2D eigenvalue weighted by molar-refractivity contribution is -0.141. The van der Waals surface area contributed by atoms with Crippen molar-refractivity contribution in [1.82, 2.24) is 9.97 Å². The second kappa shape index (κ2) is 5.73. The van der Waals surface area contributed by atoms with E-state index in [1.165, 1.54) is 0 Å². The summed E-state index contributed by atoms with van der Waals surface area (Å²) in [6.45, 7) is 5.71. The van der Waals surface area contributed by atoms with Crippen molar-refractivity contribution in [1.29, 1.82) is 0 Å². The van der Waals surface area contributed by atoms with Crippen molar-refractivity contribution >= 4 is 5.95 Å². The summed E-state index contributed by atoms with van der Waals surface area (Å²) < 4.78 is 37.6. The van der Waals surface area contributed by atoms with Crippen LogP contribution in [0, 0.1) is 5.41 Å². The number of halogens is 3. The number of aromatic nitrogens is 2. The molecule has 1 aromatic heterocycles. The number of hydrogen-bond acceptors (Lipinski definition) is 4. The minimum absolute atomic E-state index is 0.0616. The van der Waals surface area contributed by atoms with Crippen LogP contribution in [0.5, 0.6) is 0 Å². The first kappa shape index (κ1) is 15.7. The molecule has 0 amide bonds. The SMILES string of the molecule is CC(C)(C)C(CCO)Nc1nccc(C(F)(F)F)n1. The lowest BCUT2D eigenvalue weighted by Crippen LogP contribution is -2.35. The van der Waals surface area contributed by atoms with E-state index in [9.17, 15) is 13.2 Å². The smallest absolute Gasteiger partial charge is 0.396 e. The van der Waals surface area contributed by atoms with Gasteiger partial charge < -0.3 is 10.4 Å². The van der Waals surface area contributed by atoms with Gasteiger partial charge in [-0.25, -0.2) is 9.97 Å². The Morgan fingerprint density at radius 3 is 2.42 bits per heavy atom. The molecule has 4 nitrogen and oxygen atoms in total. The average molecular weight is 277 g/mol. The summed E-state index contributed by atoms with van der Waals surface area (Å²) in [6.07, 6.45) is -3.02. The van der Waals surface area contributed by atoms with Crippen LogP contribution < -0.4 is 5.32 Å². The first-order chi connectivity index (χ1) is 8.64. The molecule has 19 heavy (non-hydrogen) atoms. The summed E-state index contributed by atoms with van der Waals surface area (Å²) in [5.41, 5.74) is -1.22. The number of aliphatic hydroxyl groups is 1. The zero-order chi connectivity index (χ0) is 14.7. The number of rotatable bonds is 4. The van der Waals surface area contributed by atoms with E-state index in [0.717, 1.165) is 12.3 Å². The number of anilines is 1. The summed E-state index contributed by atoms with van der Waals surface area (Å²) in [5, 5.41) is 11.9. The minimum Gasteiger partial charge on any atom is -0.396 e. The van der Waals surface area contributed by atoms with E-state index in [4.69, 9.17) is 5.11 Å². The maximum atomic E-state index is 12.5. The molecule has 0 fully saturated rings. The Kier molecular flexibility index (Phi) is 4.73. The zero-order valence-corrected chi connectivity index (χ0v) is 11.1. The molecule has 1 rings (SSSR count). The number of nitrogens with zero attached hydrogens (tertiary/aromatic N) is 2. The van der Waals surface area contributed by atoms with Crippen LogP contribution in [0.1, 0.15) is 32.9 Å². The third-order valence-corrected chi connectivity index (χ3v) is 2.71. The molecular formula is C12H18F3N3O. The molecule has 7 heteroatoms. The van der Waals surface area contributed by atoms with Crippen LogP contribution in [0.4, 0.5) is 19.1 Å². The van der Waals surface area contributed by atoms with Gasteiger partial charge in [-0.15, -0.1) is 0 Å². The normalized spacial score (nSPS) is 14.3. The van der Waals surface area contributed by atoms with Gasteiger partial charge in [0.1, 0.15) is 5.69 Å². The molecule has 1 heterocycles. The molecule has 0 saturated heterocycles. The molecule has 1 atom stereocenters. The number of hydrogen-bond donors (Lipinski definition) is 2. The van der Waals surface area contributed by atoms with Crippen molar-refractivity contribution in [2.75, 3.05) is 11.9 Å². The summed E-state index contributed by atoms with van der Waals surface area (Å²) >= 11 is 0. The molecule has 0 radical (unpaired) electrons. The van der Waals surface area contributed by atoms with Crippen molar-refractivity contribution in [2.24, 2.45) is 5.41 Å². The predicted octanol–water partition coefficient (Wildman–Crippen LogP) is 2.70. The van der Waals surface area contributed by atoms with E-state index in [0.29, 0.717) is 6.42 Å². The first-order valence-corrected chi connectivity index (χ1v) is 5.92. The van der Waals surface area contributed by atoms with Crippen molar-refractivity contribution in [3.05, 3.63) is 18.0 Å². The molecule has 1 unspecified atom stereocenters. The summed E-state index contributed by atoms with van der Waals surface area (Å²) in [7, 11) is 0. The van der Waals surface area contributed by atoms with Crippen LogP contribution in [-0.4, -0.2) is 27.7 Å². The topological polar surface area (TPSA) is 58.0 Å². The first-order valence-electron chi connectivity index (χ1n) is 5.92. The van der Waals surface area contributed by atoms with E-state index in [-0.39, 0.29) is 24.0 Å². The largest absolute Gasteiger partial charge is 0.433 e. The lowest BCUT2D eigenvalue weighted by Gasteiger charge is -2.31. The van der Waals surface area contributed by atoms with Gasteiger partial charge in [0.25, 0.3) is 0 Å². The fourth-order valence-corrected chi connectivity index (χ4v) is 1.59. The maximum Gasteiger partial charge on any atom is 0.433 e. The maximum absolute atomic E-state index is 12.5. The van der Waals surface area contributed by atoms with Gasteiger partial charge in [-0.2, -0.15) is 13.2 Å². The van der Waals surface area contributed by atoms with Gasteiger partial charge in [0.05, 0.1) is 0 Å². The molecule has 0 aliphatic carbocycles. The summed E-state index contributed by atoms with van der Waals surface area (Å²) in [4.78, 5) is 7.24. The fraction of sp³-hybridized carbons (Fsp3) is 0.667. The zero-order valence-electron chi connectivity index (χ0n) is 11.1. The third-order valence-electron chi connectivity index (χ3n) is 2.71. The van der Waals surface area contributed by atoms with Gasteiger partial charge in [-0.05, 0) is 17.9 Å². The average Bonchev–Trinajstić information content (AvgIpc) is 2.26. The van der Waals surface area contributed by atoms with Gasteiger partial charge in [0.2, 0.25) is 5.95 Å². The van der Waals surface area contributed by atoms with Crippen molar-refractivity contribution in [3.8, 4) is 0 Å². The number of nitrogens with one attached hydrogen (secondary N) is 1. The second-order valence-corrected chi connectivity index (χ2v) is 5.34. The Bertz CT molecular complexity index is 415. The van der Waals surface area contributed by atoms with Gasteiger partial charge >= 0.3 is 6.18 Å². The van der Waals surface area contributed by atoms with Gasteiger partial charge in [0, 0.05) is 18.8 Å². The molecule has 2 N–H and O–H groups in total. The van der Waals surface area contributed by atoms with Crippen molar-refractivity contribution in [3.63, 3.8) is 0 Å². The summed E-state index contributed by atoms with van der Waals surface area (Å²) in [5.74, 6) is -0.0804. The molecule has 0 bridgehead atoms. The molecule has 0 aliphatic rings. The molecule has 0 spiro atoms. The quantitative estimate of drug-likeness (QED) is 0.888. The van der Waals surface area contributed by atoms with E-state index < -0.39 is 11.9 Å². The van der Waals surface area contributed by atoms with Crippen molar-refractivity contribution in [2.45, 2.75) is 39.4 Å². The Morgan fingerprint density at radius 2 is 1.95 bits per heavy atom. The van der Waals surface area contributed by atoms with Crippen LogP contribution in [0.15, 0.2) is 12.3 Å².